The summed E-state index contributed by atoms with van der Waals surface area (Å²) in [6.07, 6.45) is 0. The summed E-state index contributed by atoms with van der Waals surface area (Å²) in [5.74, 6) is 0.331. The van der Waals surface area contributed by atoms with Crippen LogP contribution in [0.1, 0.15) is 25.0 Å². The Balaban J connectivity index is 0.000000561. The first-order chi connectivity index (χ1) is 5.74. The summed E-state index contributed by atoms with van der Waals surface area (Å²) in [4.78, 5) is 0. The van der Waals surface area contributed by atoms with Crippen LogP contribution in [-0.2, 0) is 6.54 Å². The number of phenolic OH excluding ortho intramolecular Hbond substituents is 1. The van der Waals surface area contributed by atoms with Crippen LogP contribution < -0.4 is 5.73 Å². The summed E-state index contributed by atoms with van der Waals surface area (Å²) < 4.78 is 0. The van der Waals surface area contributed by atoms with Gasteiger partial charge in [0.2, 0.25) is 0 Å². The summed E-state index contributed by atoms with van der Waals surface area (Å²) >= 11 is 0. The minimum atomic E-state index is 0.331. The van der Waals surface area contributed by atoms with Crippen LogP contribution in [0.3, 0.4) is 0 Å². The normalized spacial score (nSPS) is 8.67. The quantitative estimate of drug-likeness (QED) is 0.673. The van der Waals surface area contributed by atoms with Gasteiger partial charge in [-0.2, -0.15) is 0 Å². The molecule has 3 N–H and O–H groups in total. The smallest absolute Gasteiger partial charge is 0.118 e. The van der Waals surface area contributed by atoms with Crippen LogP contribution in [0.5, 0.6) is 5.75 Å². The minimum absolute atomic E-state index is 0.331. The molecule has 0 atom stereocenters. The van der Waals surface area contributed by atoms with Gasteiger partial charge >= 0.3 is 0 Å². The summed E-state index contributed by atoms with van der Waals surface area (Å²) in [6, 6.07) is 5.37. The maximum Gasteiger partial charge on any atom is 0.118 e. The third-order valence-corrected chi connectivity index (χ3v) is 1.50. The highest BCUT2D eigenvalue weighted by Gasteiger charge is 1.94. The lowest BCUT2D eigenvalue weighted by Crippen LogP contribution is -1.95. The second kappa shape index (κ2) is 5.61. The molecule has 0 bridgehead atoms. The molecule has 0 saturated carbocycles. The highest BCUT2D eigenvalue weighted by Crippen LogP contribution is 2.16. The van der Waals surface area contributed by atoms with E-state index < -0.39 is 0 Å². The molecular formula is C10H17NO. The molecule has 0 aliphatic heterocycles. The van der Waals surface area contributed by atoms with Crippen LogP contribution in [0.4, 0.5) is 0 Å². The van der Waals surface area contributed by atoms with Crippen molar-refractivity contribution in [3.05, 3.63) is 29.3 Å². The van der Waals surface area contributed by atoms with Crippen molar-refractivity contribution in [3.63, 3.8) is 0 Å². The third-order valence-electron chi connectivity index (χ3n) is 1.50. The molecule has 0 saturated heterocycles. The Bertz CT molecular complexity index is 233. The zero-order chi connectivity index (χ0) is 9.56. The lowest BCUT2D eigenvalue weighted by molar-refractivity contribution is 0.471. The van der Waals surface area contributed by atoms with Gasteiger partial charge in [0.15, 0.2) is 0 Å². The van der Waals surface area contributed by atoms with Gasteiger partial charge in [-0.1, -0.05) is 26.0 Å². The highest BCUT2D eigenvalue weighted by atomic mass is 16.3. The second-order valence-electron chi connectivity index (χ2n) is 2.32. The first kappa shape index (κ1) is 11.0. The molecule has 68 valence electrons. The summed E-state index contributed by atoms with van der Waals surface area (Å²) in [5, 5.41) is 9.10. The van der Waals surface area contributed by atoms with E-state index in [-0.39, 0.29) is 0 Å². The third kappa shape index (κ3) is 2.93. The fourth-order valence-corrected chi connectivity index (χ4v) is 0.845. The predicted molar refractivity (Wildman–Crippen MR) is 52.1 cm³/mol. The van der Waals surface area contributed by atoms with Crippen molar-refractivity contribution < 1.29 is 5.11 Å². The summed E-state index contributed by atoms with van der Waals surface area (Å²) in [5.41, 5.74) is 7.32. The molecule has 0 aliphatic carbocycles. The van der Waals surface area contributed by atoms with Crippen molar-refractivity contribution in [3.8, 4) is 5.75 Å². The van der Waals surface area contributed by atoms with E-state index in [0.29, 0.717) is 12.3 Å². The molecule has 0 heterocycles. The van der Waals surface area contributed by atoms with Gasteiger partial charge in [0.05, 0.1) is 0 Å². The minimum Gasteiger partial charge on any atom is -0.508 e. The number of aromatic hydroxyl groups is 1. The van der Waals surface area contributed by atoms with Gasteiger partial charge in [-0.3, -0.25) is 0 Å². The molecule has 0 spiro atoms. The number of nitrogens with two attached hydrogens (primary N) is 1. The fraction of sp³-hybridized carbons (Fsp3) is 0.400. The van der Waals surface area contributed by atoms with E-state index in [1.807, 2.05) is 32.9 Å². The van der Waals surface area contributed by atoms with Gasteiger partial charge in [0.25, 0.3) is 0 Å². The van der Waals surface area contributed by atoms with Gasteiger partial charge in [-0.05, 0) is 24.1 Å². The van der Waals surface area contributed by atoms with Gasteiger partial charge in [-0.25, -0.2) is 0 Å². The zero-order valence-corrected chi connectivity index (χ0v) is 7.96. The Labute approximate surface area is 74.0 Å². The van der Waals surface area contributed by atoms with Gasteiger partial charge in [0.1, 0.15) is 5.75 Å². The van der Waals surface area contributed by atoms with Crippen LogP contribution >= 0.6 is 0 Å². The van der Waals surface area contributed by atoms with E-state index in [0.717, 1.165) is 11.1 Å². The average Bonchev–Trinajstić information content (AvgIpc) is 2.13. The van der Waals surface area contributed by atoms with E-state index in [1.165, 1.54) is 0 Å². The zero-order valence-electron chi connectivity index (χ0n) is 7.96. The lowest BCUT2D eigenvalue weighted by Gasteiger charge is -1.99. The fourth-order valence-electron chi connectivity index (χ4n) is 0.845. The molecule has 0 aliphatic rings. The second-order valence-corrected chi connectivity index (χ2v) is 2.32. The van der Waals surface area contributed by atoms with Gasteiger partial charge < -0.3 is 10.8 Å². The van der Waals surface area contributed by atoms with Crippen LogP contribution in [0.2, 0.25) is 0 Å². The number of hydrogen-bond donors (Lipinski definition) is 2. The monoisotopic (exact) mass is 167 g/mol. The van der Waals surface area contributed by atoms with Crippen LogP contribution in [0, 0.1) is 6.92 Å². The average molecular weight is 167 g/mol. The molecule has 12 heavy (non-hydrogen) atoms. The number of rotatable bonds is 1. The molecule has 2 heteroatoms. The first-order valence-corrected chi connectivity index (χ1v) is 4.22. The van der Waals surface area contributed by atoms with E-state index in [2.05, 4.69) is 0 Å². The Morgan fingerprint density at radius 2 is 1.92 bits per heavy atom. The molecule has 0 unspecified atom stereocenters. The van der Waals surface area contributed by atoms with Crippen LogP contribution in [0.25, 0.3) is 0 Å². The number of aryl methyl sites for hydroxylation is 1. The standard InChI is InChI=1S/C8H11NO.C2H6/c1-6-4-7(5-9)2-3-8(6)10;1-2/h2-4,10H,5,9H2,1H3;1-2H3. The van der Waals surface area contributed by atoms with Crippen LogP contribution in [-0.4, -0.2) is 5.11 Å². The number of benzene rings is 1. The largest absolute Gasteiger partial charge is 0.508 e. The van der Waals surface area contributed by atoms with Crippen molar-refractivity contribution in [2.45, 2.75) is 27.3 Å². The molecule has 1 rings (SSSR count). The van der Waals surface area contributed by atoms with Crippen molar-refractivity contribution >= 4 is 0 Å². The maximum atomic E-state index is 9.10. The van der Waals surface area contributed by atoms with E-state index >= 15 is 0 Å². The Kier molecular flexibility index (Phi) is 5.13. The Morgan fingerprint density at radius 3 is 2.33 bits per heavy atom. The maximum absolute atomic E-state index is 9.10. The molecular weight excluding hydrogens is 150 g/mol. The van der Waals surface area contributed by atoms with E-state index in [1.54, 1.807) is 6.07 Å². The molecule has 0 amide bonds. The molecule has 1 aromatic carbocycles. The number of hydrogen-bond acceptors (Lipinski definition) is 2. The SMILES string of the molecule is CC.Cc1cc(CN)ccc1O. The van der Waals surface area contributed by atoms with Gasteiger partial charge in [0, 0.05) is 6.54 Å². The van der Waals surface area contributed by atoms with E-state index in [4.69, 9.17) is 10.8 Å². The molecule has 1 aromatic rings. The van der Waals surface area contributed by atoms with Crippen LogP contribution in [0.15, 0.2) is 18.2 Å². The van der Waals surface area contributed by atoms with Crippen molar-refractivity contribution in [1.29, 1.82) is 0 Å². The summed E-state index contributed by atoms with van der Waals surface area (Å²) in [7, 11) is 0. The van der Waals surface area contributed by atoms with Crippen molar-refractivity contribution in [2.75, 3.05) is 0 Å². The summed E-state index contributed by atoms with van der Waals surface area (Å²) in [6.45, 7) is 6.38. The Morgan fingerprint density at radius 1 is 1.33 bits per heavy atom. The Hall–Kier alpha value is -1.02. The number of phenols is 1. The molecule has 0 aromatic heterocycles. The molecule has 0 fully saturated rings. The molecule has 2 nitrogen and oxygen atoms in total. The molecule has 0 radical (unpaired) electrons. The van der Waals surface area contributed by atoms with Crippen molar-refractivity contribution in [1.82, 2.24) is 0 Å². The highest BCUT2D eigenvalue weighted by molar-refractivity contribution is 5.34. The van der Waals surface area contributed by atoms with Crippen molar-refractivity contribution in [2.24, 2.45) is 5.73 Å². The first-order valence-electron chi connectivity index (χ1n) is 4.22. The topological polar surface area (TPSA) is 46.2 Å². The van der Waals surface area contributed by atoms with E-state index in [9.17, 15) is 0 Å². The van der Waals surface area contributed by atoms with Gasteiger partial charge in [-0.15, -0.1) is 0 Å². The lowest BCUT2D eigenvalue weighted by atomic mass is 10.1. The predicted octanol–water partition coefficient (Wildman–Crippen LogP) is 2.19.